The van der Waals surface area contributed by atoms with Gasteiger partial charge in [-0.3, -0.25) is 14.4 Å². The molecule has 0 aromatic heterocycles. The minimum atomic E-state index is -0.666. The summed E-state index contributed by atoms with van der Waals surface area (Å²) in [5.41, 5.74) is 2.34. The number of ether oxygens (including phenoxy) is 1. The van der Waals surface area contributed by atoms with Crippen molar-refractivity contribution < 1.29 is 19.1 Å². The summed E-state index contributed by atoms with van der Waals surface area (Å²) in [6, 6.07) is 18.3. The van der Waals surface area contributed by atoms with E-state index in [4.69, 9.17) is 27.9 Å². The van der Waals surface area contributed by atoms with Gasteiger partial charge in [0.15, 0.2) is 0 Å². The average Bonchev–Trinajstić information content (AvgIpc) is 3.03. The molecule has 172 valence electrons. The number of carbonyl (C=O) groups excluding carboxylic acids is 3. The summed E-state index contributed by atoms with van der Waals surface area (Å²) in [5.74, 6) is -1.03. The molecule has 3 aromatic rings. The lowest BCUT2D eigenvalue weighted by molar-refractivity contribution is -0.120. The summed E-state index contributed by atoms with van der Waals surface area (Å²) in [7, 11) is 1.54. The van der Waals surface area contributed by atoms with Gasteiger partial charge in [-0.15, -0.1) is 0 Å². The molecule has 2 N–H and O–H groups in total. The zero-order valence-corrected chi connectivity index (χ0v) is 19.7. The Bertz CT molecular complexity index is 1350. The van der Waals surface area contributed by atoms with Gasteiger partial charge in [0.05, 0.1) is 12.8 Å². The van der Waals surface area contributed by atoms with Crippen molar-refractivity contribution in [2.45, 2.75) is 6.92 Å². The highest BCUT2D eigenvalue weighted by Crippen LogP contribution is 2.32. The Morgan fingerprint density at radius 2 is 1.71 bits per heavy atom. The molecule has 0 saturated heterocycles. The molecule has 4 rings (SSSR count). The summed E-state index contributed by atoms with van der Waals surface area (Å²) >= 11 is 12.2. The van der Waals surface area contributed by atoms with Crippen LogP contribution in [0.2, 0.25) is 5.02 Å². The summed E-state index contributed by atoms with van der Waals surface area (Å²) in [4.78, 5) is 39.5. The van der Waals surface area contributed by atoms with Crippen LogP contribution >= 0.6 is 23.2 Å². The summed E-state index contributed by atoms with van der Waals surface area (Å²) in [5, 5.41) is 5.86. The van der Waals surface area contributed by atoms with Crippen LogP contribution in [0.25, 0.3) is 0 Å². The molecule has 3 aromatic carbocycles. The molecule has 0 bridgehead atoms. The molecule has 0 fully saturated rings. The number of halogens is 2. The van der Waals surface area contributed by atoms with Gasteiger partial charge in [0.2, 0.25) is 0 Å². The Morgan fingerprint density at radius 3 is 2.44 bits per heavy atom. The molecule has 0 unspecified atom stereocenters. The molecule has 0 saturated carbocycles. The van der Waals surface area contributed by atoms with Crippen LogP contribution in [0.3, 0.4) is 0 Å². The van der Waals surface area contributed by atoms with Crippen LogP contribution in [0.15, 0.2) is 77.5 Å². The zero-order chi connectivity index (χ0) is 24.4. The topological polar surface area (TPSA) is 87.7 Å². The Balaban J connectivity index is 1.58. The number of benzene rings is 3. The molecule has 9 heteroatoms. The summed E-state index contributed by atoms with van der Waals surface area (Å²) < 4.78 is 5.18. The number of nitrogens with zero attached hydrogens (tertiary/aromatic N) is 1. The molecule has 0 atom stereocenters. The van der Waals surface area contributed by atoms with E-state index < -0.39 is 11.8 Å². The van der Waals surface area contributed by atoms with Crippen LogP contribution in [0, 0.1) is 6.92 Å². The fourth-order valence-corrected chi connectivity index (χ4v) is 3.79. The van der Waals surface area contributed by atoms with Gasteiger partial charge in [-0.1, -0.05) is 41.4 Å². The lowest BCUT2D eigenvalue weighted by Crippen LogP contribution is -2.32. The highest BCUT2D eigenvalue weighted by molar-refractivity contribution is 6.53. The molecular formula is C25H19Cl2N3O4. The van der Waals surface area contributed by atoms with Gasteiger partial charge in [-0.25, -0.2) is 4.90 Å². The third-order valence-electron chi connectivity index (χ3n) is 5.18. The quantitative estimate of drug-likeness (QED) is 0.450. The Labute approximate surface area is 205 Å². The highest BCUT2D eigenvalue weighted by Gasteiger charge is 2.39. The number of anilines is 3. The van der Waals surface area contributed by atoms with Crippen molar-refractivity contribution in [2.75, 3.05) is 22.6 Å². The molecule has 34 heavy (non-hydrogen) atoms. The Morgan fingerprint density at radius 1 is 0.941 bits per heavy atom. The fourth-order valence-electron chi connectivity index (χ4n) is 3.40. The first-order valence-corrected chi connectivity index (χ1v) is 10.9. The first kappa shape index (κ1) is 23.4. The van der Waals surface area contributed by atoms with Crippen LogP contribution in [-0.4, -0.2) is 24.8 Å². The number of nitrogens with one attached hydrogen (secondary N) is 2. The van der Waals surface area contributed by atoms with E-state index in [1.807, 2.05) is 0 Å². The van der Waals surface area contributed by atoms with Gasteiger partial charge in [-0.05, 0) is 55.0 Å². The van der Waals surface area contributed by atoms with Gasteiger partial charge in [0.1, 0.15) is 16.5 Å². The number of methoxy groups -OCH3 is 1. The van der Waals surface area contributed by atoms with E-state index in [2.05, 4.69) is 10.6 Å². The van der Waals surface area contributed by atoms with Crippen LogP contribution in [-0.2, 0) is 9.59 Å². The number of rotatable bonds is 6. The van der Waals surface area contributed by atoms with E-state index in [0.717, 1.165) is 10.5 Å². The van der Waals surface area contributed by atoms with Gasteiger partial charge in [0, 0.05) is 28.0 Å². The molecule has 3 amide bonds. The SMILES string of the molecule is COc1cccc(NC(=O)c2ccc(C)c(NC3=C(Cl)C(=O)N(c4cccc(Cl)c4)C3=O)c2)c1. The molecule has 0 radical (unpaired) electrons. The van der Waals surface area contributed by atoms with Crippen LogP contribution < -0.4 is 20.3 Å². The smallest absolute Gasteiger partial charge is 0.283 e. The number of hydrogen-bond acceptors (Lipinski definition) is 5. The Kier molecular flexibility index (Phi) is 6.58. The normalized spacial score (nSPS) is 13.4. The second kappa shape index (κ2) is 9.59. The second-order valence-corrected chi connectivity index (χ2v) is 8.27. The van der Waals surface area contributed by atoms with Crippen molar-refractivity contribution in [3.63, 3.8) is 0 Å². The number of amides is 3. The minimum Gasteiger partial charge on any atom is -0.497 e. The maximum absolute atomic E-state index is 13.0. The predicted octanol–water partition coefficient (Wildman–Crippen LogP) is 5.35. The van der Waals surface area contributed by atoms with E-state index in [9.17, 15) is 14.4 Å². The van der Waals surface area contributed by atoms with Crippen LogP contribution in [0.5, 0.6) is 5.75 Å². The molecule has 0 aliphatic carbocycles. The van der Waals surface area contributed by atoms with E-state index in [1.54, 1.807) is 74.7 Å². The summed E-state index contributed by atoms with van der Waals surface area (Å²) in [6.45, 7) is 1.80. The van der Waals surface area contributed by atoms with E-state index in [0.29, 0.717) is 33.4 Å². The molecule has 0 spiro atoms. The molecule has 1 aliphatic rings. The van der Waals surface area contributed by atoms with Crippen molar-refractivity contribution in [2.24, 2.45) is 0 Å². The standard InChI is InChI=1S/C25H19Cl2N3O4/c1-14-9-10-15(23(31)28-17-6-4-8-19(13-17)34-2)11-20(14)29-22-21(27)24(32)30(25(22)33)18-7-3-5-16(26)12-18/h3-13,29H,1-2H3,(H,28,31). The Hall–Kier alpha value is -3.81. The minimum absolute atomic E-state index is 0.0832. The van der Waals surface area contributed by atoms with Crippen molar-refractivity contribution >= 4 is 58.0 Å². The fraction of sp³-hybridized carbons (Fsp3) is 0.0800. The zero-order valence-electron chi connectivity index (χ0n) is 18.2. The van der Waals surface area contributed by atoms with Crippen molar-refractivity contribution in [3.05, 3.63) is 93.6 Å². The van der Waals surface area contributed by atoms with E-state index in [-0.39, 0.29) is 16.6 Å². The molecule has 1 heterocycles. The average molecular weight is 496 g/mol. The van der Waals surface area contributed by atoms with Gasteiger partial charge >= 0.3 is 0 Å². The number of carbonyl (C=O) groups is 3. The first-order valence-electron chi connectivity index (χ1n) is 10.2. The molecule has 1 aliphatic heterocycles. The largest absolute Gasteiger partial charge is 0.497 e. The second-order valence-electron chi connectivity index (χ2n) is 7.46. The van der Waals surface area contributed by atoms with E-state index in [1.165, 1.54) is 6.07 Å². The van der Waals surface area contributed by atoms with Crippen molar-refractivity contribution in [1.82, 2.24) is 0 Å². The van der Waals surface area contributed by atoms with Gasteiger partial charge in [-0.2, -0.15) is 0 Å². The third-order valence-corrected chi connectivity index (χ3v) is 5.77. The molecule has 7 nitrogen and oxygen atoms in total. The predicted molar refractivity (Wildman–Crippen MR) is 133 cm³/mol. The lowest BCUT2D eigenvalue weighted by Gasteiger charge is -2.16. The maximum Gasteiger partial charge on any atom is 0.283 e. The summed E-state index contributed by atoms with van der Waals surface area (Å²) in [6.07, 6.45) is 0. The van der Waals surface area contributed by atoms with Gasteiger partial charge < -0.3 is 15.4 Å². The van der Waals surface area contributed by atoms with Gasteiger partial charge in [0.25, 0.3) is 17.7 Å². The van der Waals surface area contributed by atoms with Crippen molar-refractivity contribution in [3.8, 4) is 5.75 Å². The van der Waals surface area contributed by atoms with Crippen molar-refractivity contribution in [1.29, 1.82) is 0 Å². The lowest BCUT2D eigenvalue weighted by atomic mass is 10.1. The monoisotopic (exact) mass is 495 g/mol. The first-order chi connectivity index (χ1) is 16.3. The third kappa shape index (κ3) is 4.62. The van der Waals surface area contributed by atoms with E-state index >= 15 is 0 Å². The number of imide groups is 1. The highest BCUT2D eigenvalue weighted by atomic mass is 35.5. The number of aryl methyl sites for hydroxylation is 1. The molecular weight excluding hydrogens is 477 g/mol. The maximum atomic E-state index is 13.0. The number of hydrogen-bond donors (Lipinski definition) is 2. The van der Waals surface area contributed by atoms with Crippen LogP contribution in [0.1, 0.15) is 15.9 Å². The van der Waals surface area contributed by atoms with Crippen LogP contribution in [0.4, 0.5) is 17.1 Å².